The highest BCUT2D eigenvalue weighted by Crippen LogP contribution is 2.42. The lowest BCUT2D eigenvalue weighted by molar-refractivity contribution is 0.0430. The van der Waals surface area contributed by atoms with Gasteiger partial charge in [0.25, 0.3) is 5.91 Å². The number of rotatable bonds is 5. The molecule has 7 rings (SSSR count). The minimum atomic E-state index is -0.559. The normalized spacial score (nSPS) is 23.1. The molecule has 0 bridgehead atoms. The molecule has 1 amide bonds. The highest BCUT2D eigenvalue weighted by molar-refractivity contribution is 6.33. The molecule has 1 spiro atoms. The van der Waals surface area contributed by atoms with Crippen molar-refractivity contribution in [1.29, 1.82) is 0 Å². The summed E-state index contributed by atoms with van der Waals surface area (Å²) in [4.78, 5) is 22.3. The standard InChI is InChI=1S/C31H35ClFN7O2/c1-2-42-21-15-22(28-23-17-35-36-29(23)37-40(28)18-21)20-7-8-26(34-16-20)38-13-10-31(11-14-38)9-4-12-39(19-31)30(41)27-24(32)5-3-6-25(27)33/h3,5-8,15-16,18,29,35-37H,2,4,9-14,17,19H2,1H3. The Kier molecular flexibility index (Phi) is 7.17. The Bertz CT molecular complexity index is 1460. The maximum atomic E-state index is 14.5. The maximum absolute atomic E-state index is 14.5. The van der Waals surface area contributed by atoms with Gasteiger partial charge in [0.15, 0.2) is 0 Å². The zero-order valence-corrected chi connectivity index (χ0v) is 24.4. The Balaban J connectivity index is 1.05. The minimum absolute atomic E-state index is 0.0149. The number of hydrogen-bond donors (Lipinski definition) is 3. The van der Waals surface area contributed by atoms with Gasteiger partial charge < -0.3 is 14.5 Å². The van der Waals surface area contributed by atoms with Crippen LogP contribution in [0.4, 0.5) is 10.2 Å². The summed E-state index contributed by atoms with van der Waals surface area (Å²) in [6, 6.07) is 8.65. The SMILES string of the molecule is CCOC1=CN2NC3NNCC3=C2C(c2ccc(N3CCC4(CCCN(C(=O)c5c(F)cccc5Cl)C4)CC3)nc2)=C1. The first-order valence-corrected chi connectivity index (χ1v) is 15.1. The van der Waals surface area contributed by atoms with Gasteiger partial charge in [0, 0.05) is 55.6 Å². The molecule has 3 fully saturated rings. The fraction of sp³-hybridized carbons (Fsp3) is 0.419. The lowest BCUT2D eigenvalue weighted by atomic mass is 9.72. The molecule has 1 aromatic carbocycles. The highest BCUT2D eigenvalue weighted by atomic mass is 35.5. The van der Waals surface area contributed by atoms with E-state index < -0.39 is 5.82 Å². The summed E-state index contributed by atoms with van der Waals surface area (Å²) >= 11 is 6.21. The number of pyridine rings is 1. The quantitative estimate of drug-likeness (QED) is 0.478. The predicted octanol–water partition coefficient (Wildman–Crippen LogP) is 4.18. The number of likely N-dealkylation sites (tertiary alicyclic amines) is 1. The predicted molar refractivity (Wildman–Crippen MR) is 159 cm³/mol. The molecule has 6 heterocycles. The number of aromatic nitrogens is 1. The molecule has 0 aliphatic carbocycles. The van der Waals surface area contributed by atoms with Crippen molar-refractivity contribution in [2.75, 3.05) is 44.2 Å². The largest absolute Gasteiger partial charge is 0.492 e. The Labute approximate surface area is 250 Å². The van der Waals surface area contributed by atoms with Gasteiger partial charge in [-0.05, 0) is 68.4 Å². The topological polar surface area (TPSA) is 85.0 Å². The smallest absolute Gasteiger partial charge is 0.258 e. The number of halogens is 2. The molecule has 1 unspecified atom stereocenters. The van der Waals surface area contributed by atoms with E-state index in [1.807, 2.05) is 24.3 Å². The van der Waals surface area contributed by atoms with Crippen molar-refractivity contribution >= 4 is 28.9 Å². The molecule has 5 aliphatic heterocycles. The van der Waals surface area contributed by atoms with Crippen LogP contribution in [0.5, 0.6) is 0 Å². The number of allylic oxidation sites excluding steroid dienone is 2. The first-order chi connectivity index (χ1) is 20.4. The fourth-order valence-electron chi connectivity index (χ4n) is 6.96. The highest BCUT2D eigenvalue weighted by Gasteiger charge is 2.41. The van der Waals surface area contributed by atoms with Crippen LogP contribution >= 0.6 is 11.6 Å². The van der Waals surface area contributed by atoms with Gasteiger partial charge >= 0.3 is 0 Å². The van der Waals surface area contributed by atoms with Crippen LogP contribution < -0.4 is 21.2 Å². The van der Waals surface area contributed by atoms with E-state index in [0.29, 0.717) is 19.7 Å². The molecule has 0 radical (unpaired) electrons. The second-order valence-electron chi connectivity index (χ2n) is 11.6. The number of anilines is 1. The molecule has 2 aromatic rings. The van der Waals surface area contributed by atoms with E-state index >= 15 is 0 Å². The molecule has 42 heavy (non-hydrogen) atoms. The van der Waals surface area contributed by atoms with Crippen LogP contribution in [-0.4, -0.2) is 66.3 Å². The molecule has 3 N–H and O–H groups in total. The lowest BCUT2D eigenvalue weighted by Gasteiger charge is -2.48. The summed E-state index contributed by atoms with van der Waals surface area (Å²) in [5.41, 5.74) is 14.5. The first-order valence-electron chi connectivity index (χ1n) is 14.7. The minimum Gasteiger partial charge on any atom is -0.492 e. The number of carbonyl (C=O) groups is 1. The molecule has 0 saturated carbocycles. The maximum Gasteiger partial charge on any atom is 0.258 e. The molecule has 11 heteroatoms. The van der Waals surface area contributed by atoms with E-state index in [9.17, 15) is 9.18 Å². The lowest BCUT2D eigenvalue weighted by Crippen LogP contribution is -2.51. The zero-order valence-electron chi connectivity index (χ0n) is 23.6. The third-order valence-electron chi connectivity index (χ3n) is 9.13. The Hall–Kier alpha value is -3.44. The van der Waals surface area contributed by atoms with Crippen molar-refractivity contribution in [2.24, 2.45) is 5.41 Å². The third-order valence-corrected chi connectivity index (χ3v) is 9.44. The number of fused-ring (bicyclic) bond motifs is 2. The van der Waals surface area contributed by atoms with Crippen molar-refractivity contribution < 1.29 is 13.9 Å². The summed E-state index contributed by atoms with van der Waals surface area (Å²) in [6.07, 6.45) is 9.97. The van der Waals surface area contributed by atoms with Crippen LogP contribution in [-0.2, 0) is 4.74 Å². The van der Waals surface area contributed by atoms with Crippen LogP contribution in [0.1, 0.15) is 48.5 Å². The van der Waals surface area contributed by atoms with Crippen molar-refractivity contribution in [3.05, 3.63) is 87.8 Å². The van der Waals surface area contributed by atoms with Gasteiger partial charge in [-0.15, -0.1) is 0 Å². The Morgan fingerprint density at radius 1 is 1.19 bits per heavy atom. The fourth-order valence-corrected chi connectivity index (χ4v) is 7.21. The number of ether oxygens (including phenoxy) is 1. The molecular weight excluding hydrogens is 557 g/mol. The molecule has 3 saturated heterocycles. The van der Waals surface area contributed by atoms with Crippen LogP contribution in [0.3, 0.4) is 0 Å². The second kappa shape index (κ2) is 11.0. The van der Waals surface area contributed by atoms with Gasteiger partial charge in [0.05, 0.1) is 29.1 Å². The number of hydrogen-bond acceptors (Lipinski definition) is 8. The van der Waals surface area contributed by atoms with Gasteiger partial charge in [-0.2, -0.15) is 0 Å². The third kappa shape index (κ3) is 4.86. The van der Waals surface area contributed by atoms with E-state index in [0.717, 1.165) is 73.7 Å². The van der Waals surface area contributed by atoms with E-state index in [1.54, 1.807) is 11.0 Å². The molecule has 9 nitrogen and oxygen atoms in total. The van der Waals surface area contributed by atoms with E-state index in [2.05, 4.69) is 39.4 Å². The van der Waals surface area contributed by atoms with Gasteiger partial charge in [-0.1, -0.05) is 17.7 Å². The van der Waals surface area contributed by atoms with Gasteiger partial charge in [0.1, 0.15) is 23.6 Å². The van der Waals surface area contributed by atoms with Gasteiger partial charge in [-0.3, -0.25) is 15.2 Å². The second-order valence-corrected chi connectivity index (χ2v) is 12.1. The summed E-state index contributed by atoms with van der Waals surface area (Å²) < 4.78 is 20.3. The number of carbonyl (C=O) groups excluding carboxylic acids is 1. The van der Waals surface area contributed by atoms with Crippen molar-refractivity contribution in [1.82, 2.24) is 31.2 Å². The number of nitrogens with one attached hydrogen (secondary N) is 3. The Morgan fingerprint density at radius 3 is 2.81 bits per heavy atom. The summed E-state index contributed by atoms with van der Waals surface area (Å²) in [5, 5.41) is 2.22. The summed E-state index contributed by atoms with van der Waals surface area (Å²) in [5.74, 6) is 0.892. The molecule has 220 valence electrons. The van der Waals surface area contributed by atoms with Crippen LogP contribution in [0.2, 0.25) is 5.02 Å². The number of piperidine rings is 2. The number of hydrazine groups is 2. The monoisotopic (exact) mass is 591 g/mol. The number of benzene rings is 1. The average molecular weight is 592 g/mol. The van der Waals surface area contributed by atoms with Crippen LogP contribution in [0.15, 0.2) is 65.8 Å². The molecule has 5 aliphatic rings. The van der Waals surface area contributed by atoms with Crippen LogP contribution in [0.25, 0.3) is 5.57 Å². The molecule has 1 atom stereocenters. The van der Waals surface area contributed by atoms with Crippen molar-refractivity contribution in [3.8, 4) is 0 Å². The van der Waals surface area contributed by atoms with E-state index in [-0.39, 0.29) is 28.1 Å². The zero-order chi connectivity index (χ0) is 28.8. The number of nitrogens with zero attached hydrogens (tertiary/aromatic N) is 4. The Morgan fingerprint density at radius 2 is 2.05 bits per heavy atom. The molecule has 1 aromatic heterocycles. The number of amides is 1. The molecular formula is C31H35ClFN7O2. The van der Waals surface area contributed by atoms with E-state index in [4.69, 9.17) is 21.3 Å². The summed E-state index contributed by atoms with van der Waals surface area (Å²) in [6.45, 7) is 6.33. The van der Waals surface area contributed by atoms with Crippen molar-refractivity contribution in [3.63, 3.8) is 0 Å². The first kappa shape index (κ1) is 27.4. The van der Waals surface area contributed by atoms with Crippen LogP contribution in [0, 0.1) is 11.2 Å². The van der Waals surface area contributed by atoms with Gasteiger partial charge in [0.2, 0.25) is 0 Å². The average Bonchev–Trinajstić information content (AvgIpc) is 3.59. The van der Waals surface area contributed by atoms with E-state index in [1.165, 1.54) is 17.7 Å². The summed E-state index contributed by atoms with van der Waals surface area (Å²) in [7, 11) is 0. The van der Waals surface area contributed by atoms with Crippen molar-refractivity contribution in [2.45, 2.75) is 38.8 Å². The van der Waals surface area contributed by atoms with Gasteiger partial charge in [-0.25, -0.2) is 20.2 Å².